The summed E-state index contributed by atoms with van der Waals surface area (Å²) < 4.78 is 1.03. The summed E-state index contributed by atoms with van der Waals surface area (Å²) in [5.41, 5.74) is 2.15. The number of carbonyl (C=O) groups is 3. The Hall–Kier alpha value is -2.22. The fraction of sp³-hybridized carbons (Fsp3) is 0.375. The second-order valence-electron chi connectivity index (χ2n) is 8.14. The molecule has 1 saturated carbocycles. The smallest absolute Gasteiger partial charge is 0.257 e. The van der Waals surface area contributed by atoms with E-state index < -0.39 is 6.04 Å². The van der Waals surface area contributed by atoms with Crippen molar-refractivity contribution in [3.8, 4) is 0 Å². The van der Waals surface area contributed by atoms with Crippen LogP contribution in [0.25, 0.3) is 0 Å². The van der Waals surface area contributed by atoms with Gasteiger partial charge in [0.05, 0.1) is 12.1 Å². The first-order valence-corrected chi connectivity index (χ1v) is 11.6. The van der Waals surface area contributed by atoms with Crippen molar-refractivity contribution < 1.29 is 14.4 Å². The number of halogens is 1. The molecule has 5 nitrogen and oxygen atoms in total. The molecule has 1 aliphatic carbocycles. The third kappa shape index (κ3) is 4.15. The number of rotatable bonds is 4. The lowest BCUT2D eigenvalue weighted by molar-refractivity contribution is -0.123. The second kappa shape index (κ2) is 8.88. The van der Waals surface area contributed by atoms with Crippen LogP contribution in [0.1, 0.15) is 54.4 Å². The molecular formula is C24H25IN2O3. The summed E-state index contributed by atoms with van der Waals surface area (Å²) in [5.74, 6) is -0.696. The first kappa shape index (κ1) is 21.0. The minimum atomic E-state index is -0.743. The molecule has 156 valence electrons. The van der Waals surface area contributed by atoms with Crippen LogP contribution >= 0.6 is 22.6 Å². The van der Waals surface area contributed by atoms with E-state index >= 15 is 0 Å². The van der Waals surface area contributed by atoms with E-state index in [0.717, 1.165) is 41.2 Å². The summed E-state index contributed by atoms with van der Waals surface area (Å²) in [6, 6.07) is 14.0. The van der Waals surface area contributed by atoms with Crippen molar-refractivity contribution in [1.29, 1.82) is 0 Å². The predicted octanol–water partition coefficient (Wildman–Crippen LogP) is 4.71. The molecule has 1 saturated heterocycles. The summed E-state index contributed by atoms with van der Waals surface area (Å²) in [5, 5.41) is 0. The zero-order valence-electron chi connectivity index (χ0n) is 17.0. The molecule has 4 rings (SSSR count). The van der Waals surface area contributed by atoms with Crippen LogP contribution in [0.3, 0.4) is 0 Å². The van der Waals surface area contributed by atoms with Gasteiger partial charge in [0, 0.05) is 15.2 Å². The van der Waals surface area contributed by atoms with Gasteiger partial charge in [0.2, 0.25) is 5.91 Å². The SMILES string of the molecule is Cc1cccc(C(=O)N(C2CCCCC2)C2CC(=O)N(c3ccc(I)cc3)C2=O)c1. The third-order valence-corrected chi connectivity index (χ3v) is 6.73. The fourth-order valence-corrected chi connectivity index (χ4v) is 4.90. The summed E-state index contributed by atoms with van der Waals surface area (Å²) in [6.07, 6.45) is 5.02. The Bertz CT molecular complexity index is 967. The van der Waals surface area contributed by atoms with E-state index in [0.29, 0.717) is 11.3 Å². The molecule has 1 unspecified atom stereocenters. The van der Waals surface area contributed by atoms with E-state index in [1.165, 1.54) is 4.90 Å². The molecule has 2 aliphatic rings. The van der Waals surface area contributed by atoms with E-state index in [1.807, 2.05) is 37.3 Å². The number of hydrogen-bond donors (Lipinski definition) is 0. The summed E-state index contributed by atoms with van der Waals surface area (Å²) in [6.45, 7) is 1.95. The first-order valence-electron chi connectivity index (χ1n) is 10.5. The van der Waals surface area contributed by atoms with Crippen molar-refractivity contribution in [3.05, 3.63) is 63.2 Å². The molecule has 1 heterocycles. The summed E-state index contributed by atoms with van der Waals surface area (Å²) in [7, 11) is 0. The highest BCUT2D eigenvalue weighted by Crippen LogP contribution is 2.32. The van der Waals surface area contributed by atoms with Crippen LogP contribution in [0.15, 0.2) is 48.5 Å². The molecule has 0 radical (unpaired) electrons. The Labute approximate surface area is 190 Å². The molecular weight excluding hydrogens is 491 g/mol. The second-order valence-corrected chi connectivity index (χ2v) is 9.38. The van der Waals surface area contributed by atoms with Crippen LogP contribution < -0.4 is 4.90 Å². The first-order chi connectivity index (χ1) is 14.5. The minimum absolute atomic E-state index is 0.00909. The van der Waals surface area contributed by atoms with Crippen molar-refractivity contribution in [3.63, 3.8) is 0 Å². The topological polar surface area (TPSA) is 57.7 Å². The van der Waals surface area contributed by atoms with Crippen LogP contribution in [-0.4, -0.2) is 34.7 Å². The van der Waals surface area contributed by atoms with Crippen molar-refractivity contribution in [2.75, 3.05) is 4.90 Å². The lowest BCUT2D eigenvalue weighted by Crippen LogP contribution is -2.51. The van der Waals surface area contributed by atoms with Crippen molar-refractivity contribution >= 4 is 46.0 Å². The molecule has 1 atom stereocenters. The predicted molar refractivity (Wildman–Crippen MR) is 124 cm³/mol. The Kier molecular flexibility index (Phi) is 6.22. The van der Waals surface area contributed by atoms with E-state index in [1.54, 1.807) is 23.1 Å². The Morgan fingerprint density at radius 3 is 2.40 bits per heavy atom. The maximum absolute atomic E-state index is 13.6. The zero-order valence-corrected chi connectivity index (χ0v) is 19.2. The van der Waals surface area contributed by atoms with Gasteiger partial charge < -0.3 is 4.90 Å². The van der Waals surface area contributed by atoms with Gasteiger partial charge in [-0.2, -0.15) is 0 Å². The lowest BCUT2D eigenvalue weighted by Gasteiger charge is -2.37. The van der Waals surface area contributed by atoms with Crippen LogP contribution in [0.4, 0.5) is 5.69 Å². The highest BCUT2D eigenvalue weighted by Gasteiger charge is 2.46. The molecule has 1 aliphatic heterocycles. The Balaban J connectivity index is 1.68. The largest absolute Gasteiger partial charge is 0.323 e. The number of carbonyl (C=O) groups excluding carboxylic acids is 3. The minimum Gasteiger partial charge on any atom is -0.323 e. The van der Waals surface area contributed by atoms with Gasteiger partial charge >= 0.3 is 0 Å². The van der Waals surface area contributed by atoms with Crippen LogP contribution in [0.2, 0.25) is 0 Å². The molecule has 2 aromatic rings. The van der Waals surface area contributed by atoms with Gasteiger partial charge in [0.1, 0.15) is 6.04 Å². The quantitative estimate of drug-likeness (QED) is 0.437. The highest BCUT2D eigenvalue weighted by atomic mass is 127. The van der Waals surface area contributed by atoms with Gasteiger partial charge in [-0.1, -0.05) is 37.0 Å². The fourth-order valence-electron chi connectivity index (χ4n) is 4.54. The van der Waals surface area contributed by atoms with Gasteiger partial charge in [-0.25, -0.2) is 4.90 Å². The molecule has 30 heavy (non-hydrogen) atoms. The van der Waals surface area contributed by atoms with Crippen LogP contribution in [0.5, 0.6) is 0 Å². The van der Waals surface area contributed by atoms with Crippen molar-refractivity contribution in [1.82, 2.24) is 4.90 Å². The maximum Gasteiger partial charge on any atom is 0.257 e. The normalized spacial score (nSPS) is 19.9. The Morgan fingerprint density at radius 2 is 1.73 bits per heavy atom. The number of anilines is 1. The van der Waals surface area contributed by atoms with Gasteiger partial charge in [-0.15, -0.1) is 0 Å². The molecule has 2 aromatic carbocycles. The molecule has 0 bridgehead atoms. The van der Waals surface area contributed by atoms with Gasteiger partial charge in [-0.3, -0.25) is 14.4 Å². The van der Waals surface area contributed by atoms with E-state index in [4.69, 9.17) is 0 Å². The highest BCUT2D eigenvalue weighted by molar-refractivity contribution is 14.1. The maximum atomic E-state index is 13.6. The molecule has 2 fully saturated rings. The van der Waals surface area contributed by atoms with Crippen LogP contribution in [-0.2, 0) is 9.59 Å². The number of benzene rings is 2. The van der Waals surface area contributed by atoms with Gasteiger partial charge in [0.25, 0.3) is 11.8 Å². The summed E-state index contributed by atoms with van der Waals surface area (Å²) in [4.78, 5) is 42.8. The zero-order chi connectivity index (χ0) is 21.3. The van der Waals surface area contributed by atoms with E-state index in [2.05, 4.69) is 22.6 Å². The summed E-state index contributed by atoms with van der Waals surface area (Å²) >= 11 is 2.19. The average Bonchev–Trinajstić information content (AvgIpc) is 3.03. The third-order valence-electron chi connectivity index (χ3n) is 6.01. The number of nitrogens with zero attached hydrogens (tertiary/aromatic N) is 2. The molecule has 0 spiro atoms. The van der Waals surface area contributed by atoms with Gasteiger partial charge in [-0.05, 0) is 78.8 Å². The number of imide groups is 1. The van der Waals surface area contributed by atoms with Crippen LogP contribution in [0, 0.1) is 10.5 Å². The number of hydrogen-bond acceptors (Lipinski definition) is 3. The van der Waals surface area contributed by atoms with Crippen molar-refractivity contribution in [2.24, 2.45) is 0 Å². The molecule has 0 N–H and O–H groups in total. The molecule has 6 heteroatoms. The molecule has 3 amide bonds. The van der Waals surface area contributed by atoms with E-state index in [9.17, 15) is 14.4 Å². The average molecular weight is 516 g/mol. The van der Waals surface area contributed by atoms with Gasteiger partial charge in [0.15, 0.2) is 0 Å². The van der Waals surface area contributed by atoms with E-state index in [-0.39, 0.29) is 30.2 Å². The lowest BCUT2D eigenvalue weighted by atomic mass is 9.92. The Morgan fingerprint density at radius 1 is 1.03 bits per heavy atom. The number of aryl methyl sites for hydroxylation is 1. The molecule has 0 aromatic heterocycles. The standard InChI is InChI=1S/C24H25IN2O3/c1-16-6-5-7-17(14-16)23(29)26(19-8-3-2-4-9-19)21-15-22(28)27(24(21)30)20-12-10-18(25)11-13-20/h5-7,10-14,19,21H,2-4,8-9,15H2,1H3. The van der Waals surface area contributed by atoms with Crippen molar-refractivity contribution in [2.45, 2.75) is 57.5 Å². The monoisotopic (exact) mass is 516 g/mol. The number of amides is 3.